The summed E-state index contributed by atoms with van der Waals surface area (Å²) in [5, 5.41) is 13.1. The maximum Gasteiger partial charge on any atom is 0.0664 e. The van der Waals surface area contributed by atoms with Gasteiger partial charge in [0.1, 0.15) is 0 Å². The fourth-order valence-corrected chi connectivity index (χ4v) is 2.13. The Kier molecular flexibility index (Phi) is 6.99. The lowest BCUT2D eigenvalue weighted by Crippen LogP contribution is -2.28. The molecule has 1 aromatic carbocycles. The summed E-state index contributed by atoms with van der Waals surface area (Å²) in [5.74, 6) is 0. The molecule has 0 amide bonds. The second-order valence-corrected chi connectivity index (χ2v) is 5.06. The summed E-state index contributed by atoms with van der Waals surface area (Å²) in [7, 11) is 0. The first-order valence-electron chi connectivity index (χ1n) is 7.17. The summed E-state index contributed by atoms with van der Waals surface area (Å²) in [6, 6.07) is 9.09. The van der Waals surface area contributed by atoms with Crippen molar-refractivity contribution in [2.24, 2.45) is 0 Å². The third-order valence-electron chi connectivity index (χ3n) is 3.30. The zero-order valence-corrected chi connectivity index (χ0v) is 11.9. The highest BCUT2D eigenvalue weighted by molar-refractivity contribution is 5.24. The zero-order valence-electron chi connectivity index (χ0n) is 11.9. The first-order valence-corrected chi connectivity index (χ1v) is 7.17. The van der Waals surface area contributed by atoms with E-state index in [0.717, 1.165) is 19.3 Å². The van der Waals surface area contributed by atoms with Gasteiger partial charge in [-0.25, -0.2) is 0 Å². The molecule has 2 unspecified atom stereocenters. The Balaban J connectivity index is 2.43. The molecule has 18 heavy (non-hydrogen) atoms. The van der Waals surface area contributed by atoms with Gasteiger partial charge in [0.25, 0.3) is 0 Å². The van der Waals surface area contributed by atoms with Crippen molar-refractivity contribution < 1.29 is 5.11 Å². The van der Waals surface area contributed by atoms with Gasteiger partial charge in [-0.2, -0.15) is 0 Å². The van der Waals surface area contributed by atoms with Crippen LogP contribution in [0.25, 0.3) is 0 Å². The molecule has 2 atom stereocenters. The number of aryl methyl sites for hydroxylation is 1. The van der Waals surface area contributed by atoms with Crippen molar-refractivity contribution in [3.05, 3.63) is 35.4 Å². The smallest absolute Gasteiger partial charge is 0.0664 e. The molecule has 0 saturated heterocycles. The number of aliphatic hydroxyl groups is 1. The molecule has 2 heteroatoms. The summed E-state index contributed by atoms with van der Waals surface area (Å²) in [6.07, 6.45) is 4.02. The molecule has 0 spiro atoms. The van der Waals surface area contributed by atoms with Gasteiger partial charge in [0, 0.05) is 12.6 Å². The van der Waals surface area contributed by atoms with Gasteiger partial charge in [-0.1, -0.05) is 51.0 Å². The fraction of sp³-hybridized carbons (Fsp3) is 0.625. The highest BCUT2D eigenvalue weighted by Crippen LogP contribution is 2.14. The van der Waals surface area contributed by atoms with Gasteiger partial charge in [-0.05, 0) is 30.9 Å². The zero-order chi connectivity index (χ0) is 13.4. The maximum atomic E-state index is 9.70. The summed E-state index contributed by atoms with van der Waals surface area (Å²) < 4.78 is 0. The molecule has 102 valence electrons. The van der Waals surface area contributed by atoms with Gasteiger partial charge in [0.15, 0.2) is 0 Å². The topological polar surface area (TPSA) is 32.3 Å². The predicted octanol–water partition coefficient (Wildman–Crippen LogP) is 3.45. The Morgan fingerprint density at radius 1 is 1.11 bits per heavy atom. The van der Waals surface area contributed by atoms with E-state index < -0.39 is 0 Å². The second kappa shape index (κ2) is 8.28. The summed E-state index contributed by atoms with van der Waals surface area (Å²) in [6.45, 7) is 7.12. The SMILES string of the molecule is CCCc1ccc(C(C)NCC(O)CCC)cc1. The molecule has 2 N–H and O–H groups in total. The van der Waals surface area contributed by atoms with Crippen LogP contribution in [0.4, 0.5) is 0 Å². The number of rotatable bonds is 8. The Hall–Kier alpha value is -0.860. The minimum absolute atomic E-state index is 0.225. The fourth-order valence-electron chi connectivity index (χ4n) is 2.13. The van der Waals surface area contributed by atoms with E-state index in [1.54, 1.807) is 0 Å². The highest BCUT2D eigenvalue weighted by atomic mass is 16.3. The Morgan fingerprint density at radius 3 is 2.33 bits per heavy atom. The molecule has 2 nitrogen and oxygen atoms in total. The van der Waals surface area contributed by atoms with E-state index in [0.29, 0.717) is 12.6 Å². The molecule has 0 saturated carbocycles. The summed E-state index contributed by atoms with van der Waals surface area (Å²) in [5.41, 5.74) is 2.69. The van der Waals surface area contributed by atoms with E-state index in [9.17, 15) is 5.11 Å². The van der Waals surface area contributed by atoms with Gasteiger partial charge < -0.3 is 10.4 Å². The average Bonchev–Trinajstić information content (AvgIpc) is 2.37. The first kappa shape index (κ1) is 15.2. The normalized spacial score (nSPS) is 14.4. The van der Waals surface area contributed by atoms with Crippen LogP contribution < -0.4 is 5.32 Å². The van der Waals surface area contributed by atoms with Gasteiger partial charge in [0.05, 0.1) is 6.10 Å². The van der Waals surface area contributed by atoms with E-state index >= 15 is 0 Å². The Morgan fingerprint density at radius 2 is 1.78 bits per heavy atom. The van der Waals surface area contributed by atoms with Crippen molar-refractivity contribution in [2.75, 3.05) is 6.54 Å². The summed E-state index contributed by atoms with van der Waals surface area (Å²) in [4.78, 5) is 0. The van der Waals surface area contributed by atoms with E-state index in [4.69, 9.17) is 0 Å². The van der Waals surface area contributed by atoms with Crippen LogP contribution in [0.15, 0.2) is 24.3 Å². The van der Waals surface area contributed by atoms with Gasteiger partial charge in [0.2, 0.25) is 0 Å². The molecule has 1 rings (SSSR count). The predicted molar refractivity (Wildman–Crippen MR) is 77.8 cm³/mol. The van der Waals surface area contributed by atoms with Gasteiger partial charge in [-0.15, -0.1) is 0 Å². The van der Waals surface area contributed by atoms with Crippen molar-refractivity contribution in [3.8, 4) is 0 Å². The highest BCUT2D eigenvalue weighted by Gasteiger charge is 2.07. The first-order chi connectivity index (χ1) is 8.67. The number of nitrogens with one attached hydrogen (secondary N) is 1. The lowest BCUT2D eigenvalue weighted by molar-refractivity contribution is 0.157. The van der Waals surface area contributed by atoms with Crippen LogP contribution in [0, 0.1) is 0 Å². The van der Waals surface area contributed by atoms with Crippen LogP contribution in [0.5, 0.6) is 0 Å². The van der Waals surface area contributed by atoms with E-state index in [-0.39, 0.29) is 6.10 Å². The van der Waals surface area contributed by atoms with Crippen molar-refractivity contribution in [2.45, 2.75) is 58.6 Å². The van der Waals surface area contributed by atoms with Crippen molar-refractivity contribution in [1.82, 2.24) is 5.32 Å². The number of hydrogen-bond acceptors (Lipinski definition) is 2. The van der Waals surface area contributed by atoms with Crippen molar-refractivity contribution >= 4 is 0 Å². The summed E-state index contributed by atoms with van der Waals surface area (Å²) >= 11 is 0. The third-order valence-corrected chi connectivity index (χ3v) is 3.30. The standard InChI is InChI=1S/C16H27NO/c1-4-6-14-8-10-15(11-9-14)13(3)17-12-16(18)7-5-2/h8-11,13,16-18H,4-7,12H2,1-3H3. The molecule has 1 aromatic rings. The second-order valence-electron chi connectivity index (χ2n) is 5.06. The maximum absolute atomic E-state index is 9.70. The molecule has 0 radical (unpaired) electrons. The van der Waals surface area contributed by atoms with Gasteiger partial charge >= 0.3 is 0 Å². The lowest BCUT2D eigenvalue weighted by Gasteiger charge is -2.17. The average molecular weight is 249 g/mol. The minimum Gasteiger partial charge on any atom is -0.392 e. The number of aliphatic hydroxyl groups excluding tert-OH is 1. The molecule has 0 aliphatic carbocycles. The van der Waals surface area contributed by atoms with E-state index in [2.05, 4.69) is 50.4 Å². The van der Waals surface area contributed by atoms with E-state index in [1.807, 2.05) is 0 Å². The van der Waals surface area contributed by atoms with E-state index in [1.165, 1.54) is 17.5 Å². The Labute approximate surface area is 111 Å². The van der Waals surface area contributed by atoms with Crippen LogP contribution in [0.3, 0.4) is 0 Å². The number of hydrogen-bond donors (Lipinski definition) is 2. The molecule has 0 aliphatic heterocycles. The van der Waals surface area contributed by atoms with Crippen molar-refractivity contribution in [3.63, 3.8) is 0 Å². The number of benzene rings is 1. The van der Waals surface area contributed by atoms with Crippen LogP contribution in [-0.2, 0) is 6.42 Å². The molecule has 0 aliphatic rings. The molecular formula is C16H27NO. The molecule has 0 heterocycles. The molecule has 0 bridgehead atoms. The van der Waals surface area contributed by atoms with Crippen LogP contribution in [-0.4, -0.2) is 17.8 Å². The van der Waals surface area contributed by atoms with Crippen LogP contribution >= 0.6 is 0 Å². The molecule has 0 aromatic heterocycles. The van der Waals surface area contributed by atoms with Crippen LogP contribution in [0.2, 0.25) is 0 Å². The molecular weight excluding hydrogens is 222 g/mol. The monoisotopic (exact) mass is 249 g/mol. The van der Waals surface area contributed by atoms with Gasteiger partial charge in [-0.3, -0.25) is 0 Å². The lowest BCUT2D eigenvalue weighted by atomic mass is 10.0. The largest absolute Gasteiger partial charge is 0.392 e. The van der Waals surface area contributed by atoms with Crippen molar-refractivity contribution in [1.29, 1.82) is 0 Å². The van der Waals surface area contributed by atoms with Crippen LogP contribution in [0.1, 0.15) is 57.2 Å². The third kappa shape index (κ3) is 5.19. The molecule has 0 fully saturated rings. The quantitative estimate of drug-likeness (QED) is 0.739. The minimum atomic E-state index is -0.225. The Bertz CT molecular complexity index is 320.